The van der Waals surface area contributed by atoms with E-state index in [9.17, 15) is 0 Å². The molecule has 114 valence electrons. The van der Waals surface area contributed by atoms with Gasteiger partial charge in [-0.15, -0.1) is 0 Å². The van der Waals surface area contributed by atoms with E-state index >= 15 is 0 Å². The first-order valence-corrected chi connectivity index (χ1v) is 10.8. The molecule has 1 rings (SSSR count). The predicted octanol–water partition coefficient (Wildman–Crippen LogP) is 3.08. The summed E-state index contributed by atoms with van der Waals surface area (Å²) in [6.07, 6.45) is 4.06. The molecule has 0 aromatic carbocycles. The van der Waals surface area contributed by atoms with Gasteiger partial charge in [0.05, 0.1) is 0 Å². The third-order valence-corrected chi connectivity index (χ3v) is 9.11. The number of nitrogens with zero attached hydrogens (tertiary/aromatic N) is 1. The standard InChI is InChI=1S/C15H34N2OSi/c1-15(2,3)19(4,5)18-14-10-16-9-8-13-17-11-6-7-12-17/h16H,6-14H2,1-5H3. The molecule has 0 amide bonds. The maximum atomic E-state index is 6.14. The molecule has 1 N–H and O–H groups in total. The van der Waals surface area contributed by atoms with E-state index in [0.717, 1.165) is 19.7 Å². The van der Waals surface area contributed by atoms with Crippen LogP contribution in [0.3, 0.4) is 0 Å². The average molecular weight is 287 g/mol. The van der Waals surface area contributed by atoms with Gasteiger partial charge in [0.25, 0.3) is 0 Å². The SMILES string of the molecule is CC(C)(C)[Si](C)(C)OCCNCCCN1CCCC1. The Morgan fingerprint density at radius 2 is 1.74 bits per heavy atom. The minimum Gasteiger partial charge on any atom is -0.416 e. The monoisotopic (exact) mass is 286 g/mol. The van der Waals surface area contributed by atoms with Crippen molar-refractivity contribution in [2.24, 2.45) is 0 Å². The van der Waals surface area contributed by atoms with Crippen molar-refractivity contribution in [2.75, 3.05) is 39.3 Å². The minimum atomic E-state index is -1.54. The lowest BCUT2D eigenvalue weighted by Gasteiger charge is -2.36. The number of likely N-dealkylation sites (tertiary alicyclic amines) is 1. The van der Waals surface area contributed by atoms with Crippen molar-refractivity contribution >= 4 is 8.32 Å². The highest BCUT2D eigenvalue weighted by atomic mass is 28.4. The number of rotatable bonds is 8. The molecule has 19 heavy (non-hydrogen) atoms. The van der Waals surface area contributed by atoms with Crippen LogP contribution in [0.25, 0.3) is 0 Å². The smallest absolute Gasteiger partial charge is 0.192 e. The van der Waals surface area contributed by atoms with Crippen LogP contribution in [0.2, 0.25) is 18.1 Å². The Bertz CT molecular complexity index is 245. The van der Waals surface area contributed by atoms with E-state index in [-0.39, 0.29) is 0 Å². The molecule has 0 aromatic heterocycles. The lowest BCUT2D eigenvalue weighted by atomic mass is 10.2. The van der Waals surface area contributed by atoms with Gasteiger partial charge in [-0.1, -0.05) is 20.8 Å². The molecule has 0 saturated carbocycles. The van der Waals surface area contributed by atoms with Crippen molar-refractivity contribution < 1.29 is 4.43 Å². The van der Waals surface area contributed by atoms with Crippen molar-refractivity contribution in [1.82, 2.24) is 10.2 Å². The summed E-state index contributed by atoms with van der Waals surface area (Å²) in [5.41, 5.74) is 0. The number of nitrogens with one attached hydrogen (secondary N) is 1. The summed E-state index contributed by atoms with van der Waals surface area (Å²) in [6, 6.07) is 0. The molecule has 1 aliphatic heterocycles. The second kappa shape index (κ2) is 7.77. The van der Waals surface area contributed by atoms with Gasteiger partial charge in [0.1, 0.15) is 0 Å². The van der Waals surface area contributed by atoms with Gasteiger partial charge in [0.2, 0.25) is 0 Å². The molecule has 1 aliphatic rings. The van der Waals surface area contributed by atoms with Gasteiger partial charge in [0.15, 0.2) is 8.32 Å². The molecule has 0 radical (unpaired) electrons. The molecule has 0 aromatic rings. The Balaban J connectivity index is 1.96. The van der Waals surface area contributed by atoms with Crippen molar-refractivity contribution in [2.45, 2.75) is 58.2 Å². The third kappa shape index (κ3) is 6.39. The van der Waals surface area contributed by atoms with E-state index in [4.69, 9.17) is 4.43 Å². The largest absolute Gasteiger partial charge is 0.416 e. The third-order valence-electron chi connectivity index (χ3n) is 4.57. The maximum Gasteiger partial charge on any atom is 0.192 e. The maximum absolute atomic E-state index is 6.14. The Hall–Kier alpha value is 0.0969. The molecular formula is C15H34N2OSi. The van der Waals surface area contributed by atoms with Crippen LogP contribution in [0.5, 0.6) is 0 Å². The van der Waals surface area contributed by atoms with Crippen molar-refractivity contribution in [3.05, 3.63) is 0 Å². The summed E-state index contributed by atoms with van der Waals surface area (Å²) in [7, 11) is -1.54. The molecule has 1 heterocycles. The molecule has 1 fully saturated rings. The normalized spacial score (nSPS) is 18.2. The van der Waals surface area contributed by atoms with Crippen LogP contribution in [-0.2, 0) is 4.43 Å². The molecule has 0 bridgehead atoms. The van der Waals surface area contributed by atoms with Crippen molar-refractivity contribution in [3.63, 3.8) is 0 Å². The highest BCUT2D eigenvalue weighted by Crippen LogP contribution is 2.36. The Kier molecular flexibility index (Phi) is 7.01. The zero-order valence-electron chi connectivity index (χ0n) is 13.7. The summed E-state index contributed by atoms with van der Waals surface area (Å²) in [4.78, 5) is 2.58. The Labute approximate surface area is 121 Å². The lowest BCUT2D eigenvalue weighted by molar-refractivity contribution is 0.282. The second-order valence-electron chi connectivity index (χ2n) is 7.26. The topological polar surface area (TPSA) is 24.5 Å². The molecule has 3 nitrogen and oxygen atoms in total. The van der Waals surface area contributed by atoms with Gasteiger partial charge in [-0.2, -0.15) is 0 Å². The van der Waals surface area contributed by atoms with Crippen LogP contribution >= 0.6 is 0 Å². The van der Waals surface area contributed by atoms with Crippen LogP contribution in [0, 0.1) is 0 Å². The molecule has 0 atom stereocenters. The van der Waals surface area contributed by atoms with E-state index in [1.54, 1.807) is 0 Å². The summed E-state index contributed by atoms with van der Waals surface area (Å²) < 4.78 is 6.14. The van der Waals surface area contributed by atoms with Crippen LogP contribution in [0.4, 0.5) is 0 Å². The fourth-order valence-electron chi connectivity index (χ4n) is 2.15. The first kappa shape index (κ1) is 17.1. The average Bonchev–Trinajstić information content (AvgIpc) is 2.79. The van der Waals surface area contributed by atoms with Crippen LogP contribution < -0.4 is 5.32 Å². The van der Waals surface area contributed by atoms with Gasteiger partial charge in [0, 0.05) is 13.2 Å². The molecular weight excluding hydrogens is 252 g/mol. The molecule has 0 spiro atoms. The number of hydrogen-bond acceptors (Lipinski definition) is 3. The van der Waals surface area contributed by atoms with E-state index in [1.165, 1.54) is 38.9 Å². The van der Waals surface area contributed by atoms with E-state index in [1.807, 2.05) is 0 Å². The van der Waals surface area contributed by atoms with Crippen molar-refractivity contribution in [1.29, 1.82) is 0 Å². The van der Waals surface area contributed by atoms with Crippen LogP contribution in [0.15, 0.2) is 0 Å². The zero-order chi connectivity index (χ0) is 14.4. The van der Waals surface area contributed by atoms with Gasteiger partial charge >= 0.3 is 0 Å². The van der Waals surface area contributed by atoms with Crippen molar-refractivity contribution in [3.8, 4) is 0 Å². The summed E-state index contributed by atoms with van der Waals surface area (Å²) >= 11 is 0. The summed E-state index contributed by atoms with van der Waals surface area (Å²) in [6.45, 7) is 18.4. The summed E-state index contributed by atoms with van der Waals surface area (Å²) in [5, 5.41) is 3.83. The lowest BCUT2D eigenvalue weighted by Crippen LogP contribution is -2.42. The quantitative estimate of drug-likeness (QED) is 0.548. The van der Waals surface area contributed by atoms with E-state index in [2.05, 4.69) is 44.1 Å². The predicted molar refractivity (Wildman–Crippen MR) is 86.3 cm³/mol. The Morgan fingerprint density at radius 1 is 1.11 bits per heavy atom. The van der Waals surface area contributed by atoms with Gasteiger partial charge < -0.3 is 14.6 Å². The Morgan fingerprint density at radius 3 is 2.32 bits per heavy atom. The number of hydrogen-bond donors (Lipinski definition) is 1. The molecule has 1 saturated heterocycles. The first-order chi connectivity index (χ1) is 8.83. The van der Waals surface area contributed by atoms with Gasteiger partial charge in [-0.25, -0.2) is 0 Å². The molecule has 4 heteroatoms. The first-order valence-electron chi connectivity index (χ1n) is 7.90. The summed E-state index contributed by atoms with van der Waals surface area (Å²) in [5.74, 6) is 0. The van der Waals surface area contributed by atoms with E-state index < -0.39 is 8.32 Å². The van der Waals surface area contributed by atoms with Crippen LogP contribution in [-0.4, -0.2) is 52.5 Å². The highest BCUT2D eigenvalue weighted by Gasteiger charge is 2.36. The molecule has 0 unspecified atom stereocenters. The molecule has 0 aliphatic carbocycles. The zero-order valence-corrected chi connectivity index (χ0v) is 14.7. The van der Waals surface area contributed by atoms with Gasteiger partial charge in [-0.05, 0) is 63.6 Å². The second-order valence-corrected chi connectivity index (χ2v) is 12.1. The minimum absolute atomic E-state index is 0.322. The highest BCUT2D eigenvalue weighted by molar-refractivity contribution is 6.74. The van der Waals surface area contributed by atoms with Gasteiger partial charge in [-0.3, -0.25) is 0 Å². The van der Waals surface area contributed by atoms with E-state index in [0.29, 0.717) is 5.04 Å². The van der Waals surface area contributed by atoms with Crippen LogP contribution in [0.1, 0.15) is 40.0 Å². The fourth-order valence-corrected chi connectivity index (χ4v) is 3.20. The fraction of sp³-hybridized carbons (Fsp3) is 1.00.